The van der Waals surface area contributed by atoms with E-state index >= 15 is 0 Å². The van der Waals surface area contributed by atoms with E-state index in [0.29, 0.717) is 5.75 Å². The molecule has 1 aromatic heterocycles. The maximum absolute atomic E-state index is 5.85. The van der Waals surface area contributed by atoms with Crippen LogP contribution < -0.4 is 14.8 Å². The Morgan fingerprint density at radius 2 is 2.40 bits per heavy atom. The predicted octanol–water partition coefficient (Wildman–Crippen LogP) is 1.59. The fourth-order valence-corrected chi connectivity index (χ4v) is 1.97. The molecule has 0 bridgehead atoms. The molecule has 0 radical (unpaired) electrons. The minimum Gasteiger partial charge on any atom is -0.491 e. The van der Waals surface area contributed by atoms with Crippen LogP contribution >= 0.6 is 15.9 Å². The van der Waals surface area contributed by atoms with E-state index in [1.165, 1.54) is 0 Å². The van der Waals surface area contributed by atoms with Crippen LogP contribution in [0.2, 0.25) is 0 Å². The summed E-state index contributed by atoms with van der Waals surface area (Å²) in [6, 6.07) is 0. The molecule has 2 heterocycles. The summed E-state index contributed by atoms with van der Waals surface area (Å²) < 4.78 is 11.9. The first-order valence-corrected chi connectivity index (χ1v) is 5.65. The molecule has 1 aliphatic heterocycles. The Morgan fingerprint density at radius 3 is 3.07 bits per heavy atom. The summed E-state index contributed by atoms with van der Waals surface area (Å²) in [7, 11) is 1.61. The number of methoxy groups -OCH3 is 1. The van der Waals surface area contributed by atoms with Gasteiger partial charge in [0.2, 0.25) is 0 Å². The number of nitrogens with zero attached hydrogens (tertiary/aromatic N) is 1. The lowest BCUT2D eigenvalue weighted by molar-refractivity contribution is 0.211. The maximum atomic E-state index is 5.85. The Kier molecular flexibility index (Phi) is 3.43. The normalized spacial score (nSPS) is 20.3. The Bertz CT molecular complexity index is 340. The summed E-state index contributed by atoms with van der Waals surface area (Å²) in [5, 5.41) is 3.25. The Balaban J connectivity index is 2.17. The SMILES string of the molecule is COc1cncc(Br)c1OC1CCNC1. The molecule has 15 heavy (non-hydrogen) atoms. The Hall–Kier alpha value is -0.810. The molecule has 1 fully saturated rings. The van der Waals surface area contributed by atoms with Gasteiger partial charge in [-0.1, -0.05) is 0 Å². The minimum atomic E-state index is 0.220. The summed E-state index contributed by atoms with van der Waals surface area (Å²) in [5.74, 6) is 1.40. The van der Waals surface area contributed by atoms with E-state index in [4.69, 9.17) is 9.47 Å². The zero-order valence-electron chi connectivity index (χ0n) is 8.50. The molecule has 1 unspecified atom stereocenters. The monoisotopic (exact) mass is 272 g/mol. The highest BCUT2D eigenvalue weighted by atomic mass is 79.9. The lowest BCUT2D eigenvalue weighted by atomic mass is 10.3. The summed E-state index contributed by atoms with van der Waals surface area (Å²) in [4.78, 5) is 4.02. The molecule has 1 atom stereocenters. The van der Waals surface area contributed by atoms with Crippen LogP contribution in [-0.2, 0) is 0 Å². The highest BCUT2D eigenvalue weighted by Crippen LogP contribution is 2.34. The van der Waals surface area contributed by atoms with Crippen LogP contribution in [0.5, 0.6) is 11.5 Å². The van der Waals surface area contributed by atoms with Crippen molar-refractivity contribution in [3.8, 4) is 11.5 Å². The molecular formula is C10H13BrN2O2. The molecule has 1 saturated heterocycles. The first-order chi connectivity index (χ1) is 7.31. The number of nitrogens with one attached hydrogen (secondary N) is 1. The van der Waals surface area contributed by atoms with Gasteiger partial charge in [-0.15, -0.1) is 0 Å². The lowest BCUT2D eigenvalue weighted by Crippen LogP contribution is -2.20. The first kappa shape index (κ1) is 10.7. The number of aromatic nitrogens is 1. The molecule has 0 amide bonds. The summed E-state index contributed by atoms with van der Waals surface area (Å²) >= 11 is 3.41. The highest BCUT2D eigenvalue weighted by molar-refractivity contribution is 9.10. The zero-order valence-corrected chi connectivity index (χ0v) is 10.1. The van der Waals surface area contributed by atoms with Crippen molar-refractivity contribution in [3.05, 3.63) is 16.9 Å². The van der Waals surface area contributed by atoms with E-state index in [1.807, 2.05) is 0 Å². The molecule has 0 aromatic carbocycles. The molecule has 0 aliphatic carbocycles. The quantitative estimate of drug-likeness (QED) is 0.908. The smallest absolute Gasteiger partial charge is 0.180 e. The molecule has 4 nitrogen and oxygen atoms in total. The molecule has 0 saturated carbocycles. The van der Waals surface area contributed by atoms with Gasteiger partial charge in [-0.05, 0) is 28.9 Å². The van der Waals surface area contributed by atoms with E-state index in [1.54, 1.807) is 19.5 Å². The van der Waals surface area contributed by atoms with Gasteiger partial charge in [-0.3, -0.25) is 4.98 Å². The van der Waals surface area contributed by atoms with Crippen LogP contribution in [0.15, 0.2) is 16.9 Å². The van der Waals surface area contributed by atoms with Gasteiger partial charge in [0.25, 0.3) is 0 Å². The molecule has 5 heteroatoms. The fourth-order valence-electron chi connectivity index (χ4n) is 1.56. The van der Waals surface area contributed by atoms with Crippen molar-refractivity contribution in [2.45, 2.75) is 12.5 Å². The molecule has 1 aromatic rings. The topological polar surface area (TPSA) is 43.4 Å². The number of halogens is 1. The molecular weight excluding hydrogens is 260 g/mol. The zero-order chi connectivity index (χ0) is 10.7. The van der Waals surface area contributed by atoms with Crippen LogP contribution in [0, 0.1) is 0 Å². The van der Waals surface area contributed by atoms with Crippen molar-refractivity contribution in [1.29, 1.82) is 0 Å². The number of pyridine rings is 1. The first-order valence-electron chi connectivity index (χ1n) is 4.86. The third-order valence-electron chi connectivity index (χ3n) is 2.34. The van der Waals surface area contributed by atoms with Gasteiger partial charge in [-0.2, -0.15) is 0 Å². The van der Waals surface area contributed by atoms with Crippen LogP contribution in [0.4, 0.5) is 0 Å². The average molecular weight is 273 g/mol. The second-order valence-electron chi connectivity index (χ2n) is 3.39. The van der Waals surface area contributed by atoms with Crippen molar-refractivity contribution in [1.82, 2.24) is 10.3 Å². The number of ether oxygens (including phenoxy) is 2. The average Bonchev–Trinajstić information content (AvgIpc) is 2.74. The van der Waals surface area contributed by atoms with Crippen molar-refractivity contribution < 1.29 is 9.47 Å². The number of hydrogen-bond acceptors (Lipinski definition) is 4. The summed E-state index contributed by atoms with van der Waals surface area (Å²) in [6.07, 6.45) is 4.61. The fraction of sp³-hybridized carbons (Fsp3) is 0.500. The summed E-state index contributed by atoms with van der Waals surface area (Å²) in [5.41, 5.74) is 0. The minimum absolute atomic E-state index is 0.220. The van der Waals surface area contributed by atoms with Crippen molar-refractivity contribution >= 4 is 15.9 Å². The van der Waals surface area contributed by atoms with E-state index < -0.39 is 0 Å². The van der Waals surface area contributed by atoms with Crippen molar-refractivity contribution in [3.63, 3.8) is 0 Å². The van der Waals surface area contributed by atoms with Gasteiger partial charge in [0.05, 0.1) is 17.8 Å². The molecule has 0 spiro atoms. The highest BCUT2D eigenvalue weighted by Gasteiger charge is 2.19. The molecule has 1 aliphatic rings. The third-order valence-corrected chi connectivity index (χ3v) is 2.90. The molecule has 82 valence electrons. The van der Waals surface area contributed by atoms with E-state index in [2.05, 4.69) is 26.2 Å². The van der Waals surface area contributed by atoms with Gasteiger partial charge < -0.3 is 14.8 Å². The Morgan fingerprint density at radius 1 is 1.53 bits per heavy atom. The molecule has 2 rings (SSSR count). The van der Waals surface area contributed by atoms with Crippen molar-refractivity contribution in [2.75, 3.05) is 20.2 Å². The van der Waals surface area contributed by atoms with Gasteiger partial charge in [0.1, 0.15) is 6.10 Å². The predicted molar refractivity (Wildman–Crippen MR) is 60.4 cm³/mol. The van der Waals surface area contributed by atoms with E-state index in [0.717, 1.165) is 29.7 Å². The maximum Gasteiger partial charge on any atom is 0.180 e. The lowest BCUT2D eigenvalue weighted by Gasteiger charge is -2.16. The number of rotatable bonds is 3. The van der Waals surface area contributed by atoms with Crippen LogP contribution in [0.1, 0.15) is 6.42 Å². The standard InChI is InChI=1S/C10H13BrN2O2/c1-14-9-6-13-5-8(11)10(9)15-7-2-3-12-4-7/h5-7,12H,2-4H2,1H3. The van der Waals surface area contributed by atoms with E-state index in [-0.39, 0.29) is 6.10 Å². The van der Waals surface area contributed by atoms with Gasteiger partial charge in [0.15, 0.2) is 11.5 Å². The van der Waals surface area contributed by atoms with Crippen LogP contribution in [0.25, 0.3) is 0 Å². The van der Waals surface area contributed by atoms with Crippen LogP contribution in [0.3, 0.4) is 0 Å². The largest absolute Gasteiger partial charge is 0.491 e. The second kappa shape index (κ2) is 4.81. The van der Waals surface area contributed by atoms with E-state index in [9.17, 15) is 0 Å². The van der Waals surface area contributed by atoms with Crippen molar-refractivity contribution in [2.24, 2.45) is 0 Å². The van der Waals surface area contributed by atoms with Gasteiger partial charge >= 0.3 is 0 Å². The van der Waals surface area contributed by atoms with Crippen LogP contribution in [-0.4, -0.2) is 31.3 Å². The number of hydrogen-bond donors (Lipinski definition) is 1. The van der Waals surface area contributed by atoms with Gasteiger partial charge in [0, 0.05) is 12.7 Å². The Labute approximate surface area is 97.1 Å². The summed E-state index contributed by atoms with van der Waals surface area (Å²) in [6.45, 7) is 1.90. The van der Waals surface area contributed by atoms with Gasteiger partial charge in [-0.25, -0.2) is 0 Å². The second-order valence-corrected chi connectivity index (χ2v) is 4.24. The third kappa shape index (κ3) is 2.41. The molecule has 1 N–H and O–H groups in total.